The second-order valence-corrected chi connectivity index (χ2v) is 4.37. The molecule has 2 N–H and O–H groups in total. The second-order valence-electron chi connectivity index (χ2n) is 4.37. The van der Waals surface area contributed by atoms with Crippen LogP contribution in [-0.4, -0.2) is 33.4 Å². The number of aromatic nitrogens is 2. The van der Waals surface area contributed by atoms with Crippen molar-refractivity contribution >= 4 is 24.2 Å². The van der Waals surface area contributed by atoms with Crippen LogP contribution in [0.4, 0.5) is 0 Å². The van der Waals surface area contributed by atoms with Crippen molar-refractivity contribution in [2.75, 3.05) is 6.54 Å². The lowest BCUT2D eigenvalue weighted by Gasteiger charge is -2.11. The summed E-state index contributed by atoms with van der Waals surface area (Å²) in [5, 5.41) is 3.73. The second kappa shape index (κ2) is 6.02. The van der Waals surface area contributed by atoms with Gasteiger partial charge in [-0.25, -0.2) is 0 Å². The van der Waals surface area contributed by atoms with E-state index in [-0.39, 0.29) is 37.3 Å². The first kappa shape index (κ1) is 15.1. The summed E-state index contributed by atoms with van der Waals surface area (Å²) in [5.74, 6) is 0.200. The van der Waals surface area contributed by atoms with Crippen LogP contribution in [0.3, 0.4) is 0 Å². The quantitative estimate of drug-likeness (QED) is 0.838. The highest BCUT2D eigenvalue weighted by Gasteiger charge is 2.34. The number of carbonyl (C=O) groups is 2. The summed E-state index contributed by atoms with van der Waals surface area (Å²) in [7, 11) is 0. The molecule has 0 radical (unpaired) electrons. The molecule has 1 aromatic heterocycles. The minimum absolute atomic E-state index is 0. The van der Waals surface area contributed by atoms with Gasteiger partial charge in [0.1, 0.15) is 0 Å². The smallest absolute Gasteiger partial charge is 0.261 e. The first-order chi connectivity index (χ1) is 9.70. The Hall–Kier alpha value is -2.25. The molecule has 1 aromatic carbocycles. The summed E-state index contributed by atoms with van der Waals surface area (Å²) in [4.78, 5) is 29.5. The highest BCUT2D eigenvalue weighted by molar-refractivity contribution is 6.21. The predicted molar refractivity (Wildman–Crippen MR) is 75.0 cm³/mol. The van der Waals surface area contributed by atoms with Gasteiger partial charge in [0.2, 0.25) is 5.89 Å². The molecule has 7 nitrogen and oxygen atoms in total. The van der Waals surface area contributed by atoms with E-state index in [1.807, 2.05) is 0 Å². The molecular formula is C13H13ClN4O3. The molecule has 8 heteroatoms. The highest BCUT2D eigenvalue weighted by Crippen LogP contribution is 2.22. The molecule has 0 unspecified atom stereocenters. The first-order valence-electron chi connectivity index (χ1n) is 6.17. The maximum atomic E-state index is 12.1. The Balaban J connectivity index is 0.00000161. The number of hydrogen-bond donors (Lipinski definition) is 1. The van der Waals surface area contributed by atoms with Gasteiger partial charge in [-0.1, -0.05) is 17.3 Å². The van der Waals surface area contributed by atoms with E-state index in [2.05, 4.69) is 10.1 Å². The number of halogens is 1. The fraction of sp³-hybridized carbons (Fsp3) is 0.231. The van der Waals surface area contributed by atoms with Gasteiger partial charge < -0.3 is 10.3 Å². The summed E-state index contributed by atoms with van der Waals surface area (Å²) >= 11 is 0. The van der Waals surface area contributed by atoms with Crippen LogP contribution in [0, 0.1) is 0 Å². The molecule has 21 heavy (non-hydrogen) atoms. The topological polar surface area (TPSA) is 102 Å². The minimum atomic E-state index is -0.284. The molecule has 1 aliphatic rings. The Morgan fingerprint density at radius 2 is 1.76 bits per heavy atom. The highest BCUT2D eigenvalue weighted by atomic mass is 35.5. The monoisotopic (exact) mass is 308 g/mol. The number of carbonyl (C=O) groups excluding carboxylic acids is 2. The van der Waals surface area contributed by atoms with Crippen LogP contribution in [0.25, 0.3) is 0 Å². The van der Waals surface area contributed by atoms with Crippen LogP contribution in [0.1, 0.15) is 32.4 Å². The SMILES string of the molecule is Cl.NCc1nc(CCN2C(=O)c3ccccc3C2=O)no1. The van der Waals surface area contributed by atoms with Gasteiger partial charge in [0.15, 0.2) is 5.82 Å². The molecule has 3 rings (SSSR count). The number of fused-ring (bicyclic) bond motifs is 1. The van der Waals surface area contributed by atoms with Crippen molar-refractivity contribution < 1.29 is 14.1 Å². The van der Waals surface area contributed by atoms with Crippen molar-refractivity contribution in [3.05, 3.63) is 47.1 Å². The molecular weight excluding hydrogens is 296 g/mol. The van der Waals surface area contributed by atoms with Crippen molar-refractivity contribution in [2.24, 2.45) is 5.73 Å². The normalized spacial score (nSPS) is 13.3. The number of amides is 2. The lowest BCUT2D eigenvalue weighted by molar-refractivity contribution is 0.0655. The van der Waals surface area contributed by atoms with Gasteiger partial charge in [-0.05, 0) is 12.1 Å². The van der Waals surface area contributed by atoms with Gasteiger partial charge in [-0.2, -0.15) is 4.98 Å². The summed E-state index contributed by atoms with van der Waals surface area (Å²) in [6.45, 7) is 0.385. The zero-order valence-corrected chi connectivity index (χ0v) is 11.8. The number of hydrogen-bond acceptors (Lipinski definition) is 6. The Morgan fingerprint density at radius 3 is 2.29 bits per heavy atom. The third-order valence-electron chi connectivity index (χ3n) is 3.12. The standard InChI is InChI=1S/C13H12N4O3.ClH/c14-7-11-15-10(16-20-11)5-6-17-12(18)8-3-1-2-4-9(8)13(17)19;/h1-4H,5-7,14H2;1H. The van der Waals surface area contributed by atoms with E-state index >= 15 is 0 Å². The third kappa shape index (κ3) is 2.65. The van der Waals surface area contributed by atoms with E-state index in [0.29, 0.717) is 29.3 Å². The average Bonchev–Trinajstić information content (AvgIpc) is 3.03. The van der Waals surface area contributed by atoms with Crippen LogP contribution in [0.15, 0.2) is 28.8 Å². The van der Waals surface area contributed by atoms with Gasteiger partial charge in [0.05, 0.1) is 17.7 Å². The van der Waals surface area contributed by atoms with Crippen LogP contribution in [0.5, 0.6) is 0 Å². The van der Waals surface area contributed by atoms with Crippen molar-refractivity contribution in [3.8, 4) is 0 Å². The van der Waals surface area contributed by atoms with Gasteiger partial charge in [0.25, 0.3) is 11.8 Å². The molecule has 0 bridgehead atoms. The summed E-state index contributed by atoms with van der Waals surface area (Å²) in [5.41, 5.74) is 6.24. The summed E-state index contributed by atoms with van der Waals surface area (Å²) in [6.07, 6.45) is 0.342. The van der Waals surface area contributed by atoms with E-state index in [9.17, 15) is 9.59 Å². The molecule has 0 aliphatic carbocycles. The molecule has 110 valence electrons. The van der Waals surface area contributed by atoms with Crippen LogP contribution >= 0.6 is 12.4 Å². The average molecular weight is 309 g/mol. The van der Waals surface area contributed by atoms with Gasteiger partial charge in [0, 0.05) is 13.0 Å². The van der Waals surface area contributed by atoms with Crippen molar-refractivity contribution in [1.82, 2.24) is 15.0 Å². The first-order valence-corrected chi connectivity index (χ1v) is 6.17. The fourth-order valence-corrected chi connectivity index (χ4v) is 2.13. The molecule has 0 saturated carbocycles. The maximum Gasteiger partial charge on any atom is 0.261 e. The maximum absolute atomic E-state index is 12.1. The van der Waals surface area contributed by atoms with E-state index in [4.69, 9.17) is 10.3 Å². The van der Waals surface area contributed by atoms with E-state index in [0.717, 1.165) is 0 Å². The van der Waals surface area contributed by atoms with E-state index in [1.165, 1.54) is 4.90 Å². The Labute approximate surface area is 126 Å². The molecule has 2 aromatic rings. The molecule has 2 heterocycles. The fourth-order valence-electron chi connectivity index (χ4n) is 2.13. The minimum Gasteiger partial charge on any atom is -0.338 e. The third-order valence-corrected chi connectivity index (χ3v) is 3.12. The van der Waals surface area contributed by atoms with Crippen molar-refractivity contribution in [1.29, 1.82) is 0 Å². The lowest BCUT2D eigenvalue weighted by Crippen LogP contribution is -2.31. The zero-order chi connectivity index (χ0) is 14.1. The number of benzene rings is 1. The molecule has 0 fully saturated rings. The summed E-state index contributed by atoms with van der Waals surface area (Å²) in [6, 6.07) is 6.77. The van der Waals surface area contributed by atoms with Crippen molar-refractivity contribution in [3.63, 3.8) is 0 Å². The van der Waals surface area contributed by atoms with E-state index in [1.54, 1.807) is 24.3 Å². The van der Waals surface area contributed by atoms with Crippen LogP contribution < -0.4 is 5.73 Å². The van der Waals surface area contributed by atoms with Crippen molar-refractivity contribution in [2.45, 2.75) is 13.0 Å². The number of nitrogens with two attached hydrogens (primary N) is 1. The molecule has 1 aliphatic heterocycles. The summed E-state index contributed by atoms with van der Waals surface area (Å²) < 4.78 is 4.87. The predicted octanol–water partition coefficient (Wildman–Crippen LogP) is 0.789. The number of imide groups is 1. The van der Waals surface area contributed by atoms with Crippen LogP contribution in [0.2, 0.25) is 0 Å². The van der Waals surface area contributed by atoms with E-state index < -0.39 is 0 Å². The number of nitrogens with zero attached hydrogens (tertiary/aromatic N) is 3. The molecule has 0 saturated heterocycles. The Morgan fingerprint density at radius 1 is 1.14 bits per heavy atom. The molecule has 0 atom stereocenters. The Kier molecular flexibility index (Phi) is 4.35. The molecule has 0 spiro atoms. The van der Waals surface area contributed by atoms with Gasteiger partial charge in [-0.3, -0.25) is 14.5 Å². The zero-order valence-electron chi connectivity index (χ0n) is 11.0. The largest absolute Gasteiger partial charge is 0.338 e. The van der Waals surface area contributed by atoms with Gasteiger partial charge in [-0.15, -0.1) is 12.4 Å². The molecule has 2 amide bonds. The number of rotatable bonds is 4. The van der Waals surface area contributed by atoms with Crippen LogP contribution in [-0.2, 0) is 13.0 Å². The van der Waals surface area contributed by atoms with Gasteiger partial charge >= 0.3 is 0 Å². The lowest BCUT2D eigenvalue weighted by atomic mass is 10.1. The Bertz CT molecular complexity index is 651.